The summed E-state index contributed by atoms with van der Waals surface area (Å²) >= 11 is 0. The fraction of sp³-hybridized carbons (Fsp3) is 0.471. The molecule has 1 fully saturated rings. The van der Waals surface area contributed by atoms with E-state index in [1.807, 2.05) is 13.0 Å². The number of hydrogen-bond donors (Lipinski definition) is 3. The first-order chi connectivity index (χ1) is 12.3. The van der Waals surface area contributed by atoms with Crippen LogP contribution in [-0.4, -0.2) is 42.3 Å². The molecule has 0 spiro atoms. The van der Waals surface area contributed by atoms with Gasteiger partial charge in [0, 0.05) is 23.2 Å². The number of nitrogens with zero attached hydrogens (tertiary/aromatic N) is 1. The predicted octanol–water partition coefficient (Wildman–Crippen LogP) is 2.17. The number of sulfonamides is 1. The molecule has 0 saturated heterocycles. The van der Waals surface area contributed by atoms with Gasteiger partial charge in [-0.2, -0.15) is 0 Å². The molecule has 26 heavy (non-hydrogen) atoms. The lowest BCUT2D eigenvalue weighted by Gasteiger charge is -2.37. The minimum absolute atomic E-state index is 0.0574. The molecule has 3 rings (SSSR count). The molecule has 0 bridgehead atoms. The second-order valence-corrected chi connectivity index (χ2v) is 8.66. The van der Waals surface area contributed by atoms with Crippen molar-refractivity contribution < 1.29 is 18.1 Å². The zero-order valence-corrected chi connectivity index (χ0v) is 15.8. The van der Waals surface area contributed by atoms with Crippen LogP contribution in [0.3, 0.4) is 0 Å². The molecule has 2 aromatic heterocycles. The highest BCUT2D eigenvalue weighted by molar-refractivity contribution is 7.89. The minimum Gasteiger partial charge on any atom is -0.535 e. The fourth-order valence-electron chi connectivity index (χ4n) is 3.38. The summed E-state index contributed by atoms with van der Waals surface area (Å²) in [4.78, 5) is 7.36. The molecule has 3 N–H and O–H groups in total. The van der Waals surface area contributed by atoms with E-state index in [2.05, 4.69) is 21.3 Å². The summed E-state index contributed by atoms with van der Waals surface area (Å²) in [5.41, 5.74) is 2.41. The lowest BCUT2D eigenvalue weighted by atomic mass is 9.74. The average molecular weight is 377 g/mol. The van der Waals surface area contributed by atoms with Crippen LogP contribution in [0.15, 0.2) is 25.0 Å². The van der Waals surface area contributed by atoms with Crippen LogP contribution in [0.1, 0.15) is 31.7 Å². The molecule has 0 radical (unpaired) electrons. The molecule has 1 aliphatic carbocycles. The maximum absolute atomic E-state index is 11.9. The Morgan fingerprint density at radius 1 is 1.54 bits per heavy atom. The molecule has 2 aromatic rings. The number of aromatic amines is 1. The number of pyridine rings is 1. The first-order valence-electron chi connectivity index (χ1n) is 8.80. The van der Waals surface area contributed by atoms with Crippen LogP contribution >= 0.6 is 0 Å². The van der Waals surface area contributed by atoms with Crippen LogP contribution in [0.4, 0.5) is 0 Å². The Bertz CT molecular complexity index is 904. The number of nitrogens with one attached hydrogen (secondary N) is 2. The van der Waals surface area contributed by atoms with E-state index in [0.29, 0.717) is 25.0 Å². The van der Waals surface area contributed by atoms with Gasteiger partial charge in [0.15, 0.2) is 0 Å². The van der Waals surface area contributed by atoms with E-state index in [1.54, 1.807) is 12.4 Å². The highest BCUT2D eigenvalue weighted by atomic mass is 32.2. The summed E-state index contributed by atoms with van der Waals surface area (Å²) in [6, 6.07) is 1.84. The number of fused-ring (bicyclic) bond motifs is 1. The first-order valence-corrected chi connectivity index (χ1v) is 10.5. The van der Waals surface area contributed by atoms with Crippen LogP contribution in [0.5, 0.6) is 5.75 Å². The Labute approximate surface area is 154 Å². The van der Waals surface area contributed by atoms with E-state index in [1.165, 1.54) is 6.82 Å². The second-order valence-electron chi connectivity index (χ2n) is 6.78. The molecule has 0 aromatic carbocycles. The number of aromatic nitrogens is 2. The Kier molecular flexibility index (Phi) is 5.41. The number of rotatable bonds is 8. The average Bonchev–Trinajstić information content (AvgIpc) is 2.97. The molecule has 0 aliphatic heterocycles. The number of hydrogen-bond acceptors (Lipinski definition) is 5. The third kappa shape index (κ3) is 3.95. The third-order valence-corrected chi connectivity index (χ3v) is 6.26. The van der Waals surface area contributed by atoms with Crippen LogP contribution < -0.4 is 9.38 Å². The van der Waals surface area contributed by atoms with Crippen molar-refractivity contribution in [1.82, 2.24) is 14.7 Å². The van der Waals surface area contributed by atoms with E-state index < -0.39 is 17.1 Å². The lowest BCUT2D eigenvalue weighted by Crippen LogP contribution is -2.45. The van der Waals surface area contributed by atoms with Gasteiger partial charge in [-0.15, -0.1) is 0 Å². The summed E-state index contributed by atoms with van der Waals surface area (Å²) in [6.07, 6.45) is 5.37. The van der Waals surface area contributed by atoms with Gasteiger partial charge in [-0.25, -0.2) is 18.1 Å². The predicted molar refractivity (Wildman–Crippen MR) is 103 cm³/mol. The van der Waals surface area contributed by atoms with E-state index in [0.717, 1.165) is 22.2 Å². The second kappa shape index (κ2) is 7.42. The van der Waals surface area contributed by atoms with Gasteiger partial charge < -0.3 is 14.7 Å². The van der Waals surface area contributed by atoms with Gasteiger partial charge in [-0.1, -0.05) is 13.5 Å². The van der Waals surface area contributed by atoms with Crippen LogP contribution in [-0.2, 0) is 10.0 Å². The summed E-state index contributed by atoms with van der Waals surface area (Å²) in [5.74, 6) is 0.781. The number of allylic oxidation sites excluding steroid dienone is 1. The largest absolute Gasteiger partial charge is 0.535 e. The standard InChI is InChI=1S/C17H24BN3O4S/c1-4-7-26(23,24)21-13-8-12(9-13)11(2)16-14-5-6-19-17(14)20-10-15(16)25-18(3)22/h5-6,10,12-13,21-22H,2,4,7-9H2,1,3H3,(H,19,20)/t12-,13+. The first kappa shape index (κ1) is 18.9. The van der Waals surface area contributed by atoms with Crippen molar-refractivity contribution in [3.05, 3.63) is 30.6 Å². The van der Waals surface area contributed by atoms with Gasteiger partial charge in [0.2, 0.25) is 10.0 Å². The minimum atomic E-state index is -3.21. The van der Waals surface area contributed by atoms with Crippen LogP contribution in [0.25, 0.3) is 16.6 Å². The molecule has 0 atom stereocenters. The van der Waals surface area contributed by atoms with Gasteiger partial charge in [0.1, 0.15) is 11.4 Å². The van der Waals surface area contributed by atoms with Gasteiger partial charge in [-0.3, -0.25) is 0 Å². The number of H-pyrrole nitrogens is 1. The lowest BCUT2D eigenvalue weighted by molar-refractivity contribution is 0.310. The molecule has 1 saturated carbocycles. The molecule has 9 heteroatoms. The zero-order valence-electron chi connectivity index (χ0n) is 15.0. The highest BCUT2D eigenvalue weighted by Crippen LogP contribution is 2.43. The third-order valence-electron chi connectivity index (χ3n) is 4.62. The van der Waals surface area contributed by atoms with Gasteiger partial charge in [0.25, 0.3) is 0 Å². The monoisotopic (exact) mass is 377 g/mol. The maximum atomic E-state index is 11.9. The van der Waals surface area contributed by atoms with Crippen LogP contribution in [0, 0.1) is 5.92 Å². The van der Waals surface area contributed by atoms with Crippen molar-refractivity contribution in [3.63, 3.8) is 0 Å². The van der Waals surface area contributed by atoms with E-state index in [4.69, 9.17) is 4.65 Å². The summed E-state index contributed by atoms with van der Waals surface area (Å²) in [5, 5.41) is 10.5. The summed E-state index contributed by atoms with van der Waals surface area (Å²) < 4.78 is 32.1. The smallest absolute Gasteiger partial charge is 0.519 e. The molecule has 2 heterocycles. The Morgan fingerprint density at radius 2 is 2.27 bits per heavy atom. The van der Waals surface area contributed by atoms with Gasteiger partial charge in [0.05, 0.1) is 11.9 Å². The van der Waals surface area contributed by atoms with E-state index in [9.17, 15) is 13.4 Å². The Morgan fingerprint density at radius 3 is 2.92 bits per heavy atom. The van der Waals surface area contributed by atoms with Crippen molar-refractivity contribution in [2.75, 3.05) is 5.75 Å². The SMILES string of the molecule is C=C(c1c(OB(C)O)cnc2[nH]ccc12)[C@H]1C[C@@H](NS(=O)(=O)CCC)C1. The topological polar surface area (TPSA) is 104 Å². The molecule has 0 unspecified atom stereocenters. The molecule has 140 valence electrons. The highest BCUT2D eigenvalue weighted by Gasteiger charge is 2.35. The molecule has 1 aliphatic rings. The Hall–Kier alpha value is -1.84. The van der Waals surface area contributed by atoms with E-state index >= 15 is 0 Å². The van der Waals surface area contributed by atoms with Crippen molar-refractivity contribution >= 4 is 33.7 Å². The van der Waals surface area contributed by atoms with Gasteiger partial charge in [-0.05, 0) is 43.6 Å². The van der Waals surface area contributed by atoms with Crippen molar-refractivity contribution in [2.24, 2.45) is 5.92 Å². The molecule has 0 amide bonds. The van der Waals surface area contributed by atoms with Crippen LogP contribution in [0.2, 0.25) is 6.82 Å². The molecular weight excluding hydrogens is 353 g/mol. The fourth-order valence-corrected chi connectivity index (χ4v) is 4.73. The molecular formula is C17H24BN3O4S. The summed E-state index contributed by atoms with van der Waals surface area (Å²) in [6.45, 7) is 7.62. The Balaban J connectivity index is 1.78. The quantitative estimate of drug-likeness (QED) is 0.612. The summed E-state index contributed by atoms with van der Waals surface area (Å²) in [7, 11) is -4.17. The van der Waals surface area contributed by atoms with Crippen molar-refractivity contribution in [1.29, 1.82) is 0 Å². The molecule has 7 nitrogen and oxygen atoms in total. The van der Waals surface area contributed by atoms with E-state index in [-0.39, 0.29) is 17.7 Å². The zero-order chi connectivity index (χ0) is 18.9. The normalized spacial score (nSPS) is 20.0. The van der Waals surface area contributed by atoms with Gasteiger partial charge >= 0.3 is 7.12 Å². The van der Waals surface area contributed by atoms with Crippen molar-refractivity contribution in [3.8, 4) is 5.75 Å². The maximum Gasteiger partial charge on any atom is 0.519 e. The van der Waals surface area contributed by atoms with Crippen molar-refractivity contribution in [2.45, 2.75) is 39.1 Å².